The minimum absolute atomic E-state index is 0.0392. The van der Waals surface area contributed by atoms with Crippen molar-refractivity contribution in [1.82, 2.24) is 15.6 Å². The molecule has 2 heterocycles. The van der Waals surface area contributed by atoms with E-state index < -0.39 is 6.10 Å². The van der Waals surface area contributed by atoms with E-state index in [1.54, 1.807) is 11.3 Å². The molecule has 1 aromatic carbocycles. The Kier molecular flexibility index (Phi) is 3.95. The lowest BCUT2D eigenvalue weighted by Crippen LogP contribution is -2.41. The van der Waals surface area contributed by atoms with Crippen molar-refractivity contribution in [3.05, 3.63) is 29.3 Å². The molecular weight excluding hydrogens is 274 g/mol. The van der Waals surface area contributed by atoms with Gasteiger partial charge in [0.05, 0.1) is 27.4 Å². The summed E-state index contributed by atoms with van der Waals surface area (Å²) in [6, 6.07) is 7.77. The number of fused-ring (bicyclic) bond motifs is 1. The lowest BCUT2D eigenvalue weighted by atomic mass is 10.2. The van der Waals surface area contributed by atoms with Gasteiger partial charge in [0.15, 0.2) is 0 Å². The number of carbonyl (C=O) groups excluding carboxylic acids is 1. The van der Waals surface area contributed by atoms with Gasteiger partial charge in [-0.25, -0.2) is 4.98 Å². The summed E-state index contributed by atoms with van der Waals surface area (Å²) in [5.41, 5.74) is 1.01. The Balaban J connectivity index is 1.51. The predicted octanol–water partition coefficient (Wildman–Crippen LogP) is 0.678. The maximum Gasteiger partial charge on any atom is 0.237 e. The van der Waals surface area contributed by atoms with Gasteiger partial charge in [-0.1, -0.05) is 12.1 Å². The molecule has 1 aliphatic heterocycles. The van der Waals surface area contributed by atoms with Crippen LogP contribution in [0, 0.1) is 0 Å². The van der Waals surface area contributed by atoms with E-state index in [1.165, 1.54) is 4.70 Å². The summed E-state index contributed by atoms with van der Waals surface area (Å²) >= 11 is 1.66. The largest absolute Gasteiger partial charge is 0.392 e. The quantitative estimate of drug-likeness (QED) is 0.774. The molecule has 20 heavy (non-hydrogen) atoms. The van der Waals surface area contributed by atoms with E-state index in [-0.39, 0.29) is 11.9 Å². The minimum atomic E-state index is -0.407. The molecule has 0 aliphatic carbocycles. The highest BCUT2D eigenvalue weighted by molar-refractivity contribution is 7.18. The van der Waals surface area contributed by atoms with Gasteiger partial charge in [-0.05, 0) is 18.6 Å². The second kappa shape index (κ2) is 5.87. The number of hydrogen-bond acceptors (Lipinski definition) is 5. The lowest BCUT2D eigenvalue weighted by Gasteiger charge is -2.10. The van der Waals surface area contributed by atoms with E-state index in [9.17, 15) is 9.90 Å². The van der Waals surface area contributed by atoms with Crippen molar-refractivity contribution in [1.29, 1.82) is 0 Å². The van der Waals surface area contributed by atoms with Crippen molar-refractivity contribution < 1.29 is 9.90 Å². The number of para-hydroxylation sites is 1. The molecule has 6 heteroatoms. The first kappa shape index (κ1) is 13.5. The van der Waals surface area contributed by atoms with Crippen LogP contribution in [-0.2, 0) is 11.2 Å². The molecule has 1 aromatic heterocycles. The number of benzene rings is 1. The van der Waals surface area contributed by atoms with Crippen molar-refractivity contribution in [3.8, 4) is 0 Å². The molecule has 0 radical (unpaired) electrons. The third kappa shape index (κ3) is 2.98. The van der Waals surface area contributed by atoms with Gasteiger partial charge in [0.25, 0.3) is 0 Å². The molecule has 3 N–H and O–H groups in total. The monoisotopic (exact) mass is 291 g/mol. The van der Waals surface area contributed by atoms with Gasteiger partial charge >= 0.3 is 0 Å². The number of nitrogens with zero attached hydrogens (tertiary/aromatic N) is 1. The van der Waals surface area contributed by atoms with E-state index in [0.717, 1.165) is 16.9 Å². The lowest BCUT2D eigenvalue weighted by molar-refractivity contribution is -0.122. The van der Waals surface area contributed by atoms with E-state index in [4.69, 9.17) is 0 Å². The predicted molar refractivity (Wildman–Crippen MR) is 78.7 cm³/mol. The fourth-order valence-corrected chi connectivity index (χ4v) is 3.33. The molecule has 1 fully saturated rings. The molecule has 0 saturated carbocycles. The second-order valence-corrected chi connectivity index (χ2v) is 6.08. The highest BCUT2D eigenvalue weighted by atomic mass is 32.1. The molecule has 0 bridgehead atoms. The smallest absolute Gasteiger partial charge is 0.237 e. The number of aliphatic hydroxyl groups is 1. The zero-order chi connectivity index (χ0) is 13.9. The average Bonchev–Trinajstić information content (AvgIpc) is 3.04. The number of carbonyl (C=O) groups is 1. The van der Waals surface area contributed by atoms with Crippen LogP contribution in [0.2, 0.25) is 0 Å². The van der Waals surface area contributed by atoms with Gasteiger partial charge in [-0.15, -0.1) is 11.3 Å². The summed E-state index contributed by atoms with van der Waals surface area (Å²) in [6.07, 6.45) is 0.822. The molecule has 5 nitrogen and oxygen atoms in total. The minimum Gasteiger partial charge on any atom is -0.392 e. The van der Waals surface area contributed by atoms with Gasteiger partial charge in [0.2, 0.25) is 5.91 Å². The highest BCUT2D eigenvalue weighted by Crippen LogP contribution is 2.21. The number of nitrogens with one attached hydrogen (secondary N) is 2. The zero-order valence-corrected chi connectivity index (χ0v) is 11.8. The van der Waals surface area contributed by atoms with Crippen LogP contribution in [0.5, 0.6) is 0 Å². The van der Waals surface area contributed by atoms with Crippen molar-refractivity contribution >= 4 is 27.5 Å². The molecule has 106 valence electrons. The van der Waals surface area contributed by atoms with Crippen molar-refractivity contribution in [2.75, 3.05) is 13.1 Å². The summed E-state index contributed by atoms with van der Waals surface area (Å²) in [5.74, 6) is -0.0392. The van der Waals surface area contributed by atoms with Gasteiger partial charge in [0, 0.05) is 19.5 Å². The number of aromatic nitrogens is 1. The van der Waals surface area contributed by atoms with Crippen LogP contribution in [0.15, 0.2) is 24.3 Å². The highest BCUT2D eigenvalue weighted by Gasteiger charge is 2.27. The topological polar surface area (TPSA) is 74.2 Å². The Labute approximate surface area is 121 Å². The molecule has 1 amide bonds. The first-order valence-corrected chi connectivity index (χ1v) is 7.57. The SMILES string of the molecule is O=C(NCCc1nc2ccccc2s1)C1CC(O)CN1. The molecule has 2 aromatic rings. The van der Waals surface area contributed by atoms with Crippen molar-refractivity contribution in [2.45, 2.75) is 25.0 Å². The summed E-state index contributed by atoms with van der Waals surface area (Å²) in [7, 11) is 0. The molecule has 1 aliphatic rings. The Morgan fingerprint density at radius 2 is 2.35 bits per heavy atom. The normalized spacial score (nSPS) is 22.2. The number of rotatable bonds is 4. The Hall–Kier alpha value is -1.50. The van der Waals surface area contributed by atoms with Gasteiger partial charge in [0.1, 0.15) is 0 Å². The number of hydrogen-bond donors (Lipinski definition) is 3. The fraction of sp³-hybridized carbons (Fsp3) is 0.429. The fourth-order valence-electron chi connectivity index (χ4n) is 2.36. The van der Waals surface area contributed by atoms with E-state index in [0.29, 0.717) is 19.5 Å². The van der Waals surface area contributed by atoms with Crippen molar-refractivity contribution in [2.24, 2.45) is 0 Å². The molecule has 3 rings (SSSR count). The molecule has 0 spiro atoms. The molecule has 2 unspecified atom stereocenters. The number of β-amino-alcohol motifs (C(OH)–C–C–N with tert-alkyl or cyclic N) is 1. The van der Waals surface area contributed by atoms with Gasteiger partial charge in [-0.3, -0.25) is 4.79 Å². The summed E-state index contributed by atoms with van der Waals surface area (Å²) in [4.78, 5) is 16.4. The Bertz CT molecular complexity index is 580. The average molecular weight is 291 g/mol. The maximum absolute atomic E-state index is 11.9. The summed E-state index contributed by atoms with van der Waals surface area (Å²) in [6.45, 7) is 1.07. The van der Waals surface area contributed by atoms with Crippen LogP contribution in [0.3, 0.4) is 0 Å². The molecular formula is C14H17N3O2S. The Morgan fingerprint density at radius 3 is 3.10 bits per heavy atom. The third-order valence-electron chi connectivity index (χ3n) is 3.40. The Morgan fingerprint density at radius 1 is 1.50 bits per heavy atom. The van der Waals surface area contributed by atoms with Crippen LogP contribution in [0.25, 0.3) is 10.2 Å². The van der Waals surface area contributed by atoms with Gasteiger partial charge < -0.3 is 15.7 Å². The van der Waals surface area contributed by atoms with Crippen molar-refractivity contribution in [3.63, 3.8) is 0 Å². The number of aliphatic hydroxyl groups excluding tert-OH is 1. The number of thiazole rings is 1. The van der Waals surface area contributed by atoms with E-state index in [2.05, 4.69) is 21.7 Å². The summed E-state index contributed by atoms with van der Waals surface area (Å²) < 4.78 is 1.18. The van der Waals surface area contributed by atoms with Crippen LogP contribution in [0.1, 0.15) is 11.4 Å². The number of amides is 1. The van der Waals surface area contributed by atoms with Crippen LogP contribution in [-0.4, -0.2) is 41.2 Å². The first-order valence-electron chi connectivity index (χ1n) is 6.76. The molecule has 1 saturated heterocycles. The van der Waals surface area contributed by atoms with Crippen LogP contribution >= 0.6 is 11.3 Å². The van der Waals surface area contributed by atoms with Crippen LogP contribution < -0.4 is 10.6 Å². The summed E-state index contributed by atoms with van der Waals surface area (Å²) in [5, 5.41) is 16.3. The van der Waals surface area contributed by atoms with E-state index in [1.807, 2.05) is 18.2 Å². The van der Waals surface area contributed by atoms with E-state index >= 15 is 0 Å². The second-order valence-electron chi connectivity index (χ2n) is 4.97. The standard InChI is InChI=1S/C14H17N3O2S/c18-9-7-11(16-8-9)14(19)15-6-5-13-17-10-3-1-2-4-12(10)20-13/h1-4,9,11,16,18H,5-8H2,(H,15,19). The molecule has 2 atom stereocenters. The van der Waals surface area contributed by atoms with Crippen LogP contribution in [0.4, 0.5) is 0 Å². The maximum atomic E-state index is 11.9. The zero-order valence-electron chi connectivity index (χ0n) is 11.0. The third-order valence-corrected chi connectivity index (χ3v) is 4.50. The van der Waals surface area contributed by atoms with Gasteiger partial charge in [-0.2, -0.15) is 0 Å². The first-order chi connectivity index (χ1) is 9.72.